The summed E-state index contributed by atoms with van der Waals surface area (Å²) in [5.41, 5.74) is 0.222. The smallest absolute Gasteiger partial charge is 0.494 e. The van der Waals surface area contributed by atoms with Crippen molar-refractivity contribution >= 4 is 12.1 Å². The lowest BCUT2D eigenvalue weighted by Crippen LogP contribution is -2.15. The van der Waals surface area contributed by atoms with E-state index < -0.39 is 12.1 Å². The molecule has 0 saturated heterocycles. The second kappa shape index (κ2) is 8.80. The third-order valence-corrected chi connectivity index (χ3v) is 2.11. The number of carbonyl (C=O) groups is 2. The molecule has 1 aromatic rings. The van der Waals surface area contributed by atoms with Gasteiger partial charge in [-0.15, -0.1) is 0 Å². The normalized spacial score (nSPS) is 10.1. The molecule has 0 N–H and O–H groups in total. The van der Waals surface area contributed by atoms with Crippen LogP contribution in [-0.2, 0) is 19.6 Å². The topological polar surface area (TPSA) is 80.3 Å². The Labute approximate surface area is 122 Å². The van der Waals surface area contributed by atoms with Gasteiger partial charge in [0.15, 0.2) is 0 Å². The predicted octanol–water partition coefficient (Wildman–Crippen LogP) is 3.04. The number of ether oxygens (including phenoxy) is 2. The first-order valence-corrected chi connectivity index (χ1v) is 6.52. The van der Waals surface area contributed by atoms with E-state index in [0.717, 1.165) is 6.42 Å². The highest BCUT2D eigenvalue weighted by Crippen LogP contribution is 2.13. The first kappa shape index (κ1) is 16.8. The van der Waals surface area contributed by atoms with E-state index >= 15 is 0 Å². The number of benzene rings is 1. The quantitative estimate of drug-likeness (QED) is 0.435. The SMILES string of the molecule is CCCOc1ccc(C(=O)OOOC(=O)OC(C)C)cc1. The number of carbonyl (C=O) groups excluding carboxylic acids is 2. The third kappa shape index (κ3) is 6.62. The van der Waals surface area contributed by atoms with Crippen molar-refractivity contribution in [1.82, 2.24) is 0 Å². The van der Waals surface area contributed by atoms with Crippen LogP contribution in [0.15, 0.2) is 24.3 Å². The fourth-order valence-electron chi connectivity index (χ4n) is 1.24. The minimum Gasteiger partial charge on any atom is -0.494 e. The van der Waals surface area contributed by atoms with Crippen molar-refractivity contribution < 1.29 is 33.9 Å². The van der Waals surface area contributed by atoms with Gasteiger partial charge in [0, 0.05) is 0 Å². The highest BCUT2D eigenvalue weighted by Gasteiger charge is 2.13. The van der Waals surface area contributed by atoms with Gasteiger partial charge in [0.25, 0.3) is 0 Å². The molecule has 0 aliphatic heterocycles. The maximum Gasteiger partial charge on any atom is 0.543 e. The Morgan fingerprint density at radius 1 is 1.10 bits per heavy atom. The summed E-state index contributed by atoms with van der Waals surface area (Å²) >= 11 is 0. The van der Waals surface area contributed by atoms with Gasteiger partial charge in [-0.05, 0) is 44.5 Å². The van der Waals surface area contributed by atoms with Crippen molar-refractivity contribution in [3.8, 4) is 5.75 Å². The second-order valence-electron chi connectivity index (χ2n) is 4.31. The molecule has 0 unspecified atom stereocenters. The first-order valence-electron chi connectivity index (χ1n) is 6.52. The third-order valence-electron chi connectivity index (χ3n) is 2.11. The Kier molecular flexibility index (Phi) is 7.03. The molecule has 0 radical (unpaired) electrons. The summed E-state index contributed by atoms with van der Waals surface area (Å²) in [4.78, 5) is 30.9. The van der Waals surface area contributed by atoms with Gasteiger partial charge in [-0.1, -0.05) is 6.92 Å². The number of hydrogen-bond acceptors (Lipinski definition) is 7. The molecule has 0 atom stereocenters. The van der Waals surface area contributed by atoms with Gasteiger partial charge < -0.3 is 9.47 Å². The van der Waals surface area contributed by atoms with Crippen LogP contribution in [0.2, 0.25) is 0 Å². The molecule has 0 amide bonds. The maximum atomic E-state index is 11.6. The van der Waals surface area contributed by atoms with Crippen molar-refractivity contribution in [1.29, 1.82) is 0 Å². The van der Waals surface area contributed by atoms with E-state index in [4.69, 9.17) is 4.74 Å². The fraction of sp³-hybridized carbons (Fsp3) is 0.429. The summed E-state index contributed by atoms with van der Waals surface area (Å²) in [6, 6.07) is 6.26. The molecule has 0 aromatic heterocycles. The van der Waals surface area contributed by atoms with Crippen molar-refractivity contribution in [2.45, 2.75) is 33.3 Å². The van der Waals surface area contributed by atoms with E-state index in [-0.39, 0.29) is 11.7 Å². The average Bonchev–Trinajstić information content (AvgIpc) is 2.44. The molecule has 0 fully saturated rings. The van der Waals surface area contributed by atoms with Crippen LogP contribution in [0.5, 0.6) is 5.75 Å². The lowest BCUT2D eigenvalue weighted by atomic mass is 10.2. The summed E-state index contributed by atoms with van der Waals surface area (Å²) in [6.45, 7) is 5.86. The van der Waals surface area contributed by atoms with Crippen LogP contribution in [0, 0.1) is 0 Å². The van der Waals surface area contributed by atoms with Crippen LogP contribution in [0.4, 0.5) is 4.79 Å². The molecule has 21 heavy (non-hydrogen) atoms. The van der Waals surface area contributed by atoms with Crippen LogP contribution < -0.4 is 4.74 Å². The average molecular weight is 298 g/mol. The number of rotatable bonds is 7. The highest BCUT2D eigenvalue weighted by atomic mass is 17.5. The predicted molar refractivity (Wildman–Crippen MR) is 71.4 cm³/mol. The van der Waals surface area contributed by atoms with Gasteiger partial charge in [-0.2, -0.15) is 0 Å². The molecule has 0 heterocycles. The Morgan fingerprint density at radius 2 is 1.76 bits per heavy atom. The standard InChI is InChI=1S/C14H18O7/c1-4-9-17-12-7-5-11(6-8-12)13(15)19-21-20-14(16)18-10(2)3/h5-8,10H,4,9H2,1-3H3. The van der Waals surface area contributed by atoms with Crippen LogP contribution in [0.3, 0.4) is 0 Å². The summed E-state index contributed by atoms with van der Waals surface area (Å²) in [6.07, 6.45) is -0.574. The monoisotopic (exact) mass is 298 g/mol. The van der Waals surface area contributed by atoms with Gasteiger partial charge in [-0.25, -0.2) is 14.5 Å². The summed E-state index contributed by atoms with van der Waals surface area (Å²) < 4.78 is 9.97. The van der Waals surface area contributed by atoms with Crippen molar-refractivity contribution in [3.63, 3.8) is 0 Å². The van der Waals surface area contributed by atoms with Crippen LogP contribution in [0.25, 0.3) is 0 Å². The number of hydrogen-bond donors (Lipinski definition) is 0. The molecule has 116 valence electrons. The molecular weight excluding hydrogens is 280 g/mol. The lowest BCUT2D eigenvalue weighted by Gasteiger charge is -2.06. The van der Waals surface area contributed by atoms with Gasteiger partial charge in [-0.3, -0.25) is 4.89 Å². The minimum absolute atomic E-state index is 0.222. The molecule has 0 aliphatic rings. The Morgan fingerprint density at radius 3 is 2.33 bits per heavy atom. The largest absolute Gasteiger partial charge is 0.543 e. The van der Waals surface area contributed by atoms with Gasteiger partial charge in [0.2, 0.25) is 0 Å². The van der Waals surface area contributed by atoms with Gasteiger partial charge >= 0.3 is 12.1 Å². The highest BCUT2D eigenvalue weighted by molar-refractivity contribution is 5.89. The maximum absolute atomic E-state index is 11.6. The van der Waals surface area contributed by atoms with E-state index in [1.165, 1.54) is 12.1 Å². The van der Waals surface area contributed by atoms with Gasteiger partial charge in [0.05, 0.1) is 23.3 Å². The van der Waals surface area contributed by atoms with E-state index in [0.29, 0.717) is 12.4 Å². The van der Waals surface area contributed by atoms with Crippen molar-refractivity contribution in [2.24, 2.45) is 0 Å². The van der Waals surface area contributed by atoms with Crippen molar-refractivity contribution in [2.75, 3.05) is 6.61 Å². The lowest BCUT2D eigenvalue weighted by molar-refractivity contribution is -0.452. The van der Waals surface area contributed by atoms with Gasteiger partial charge in [0.1, 0.15) is 5.75 Å². The molecular formula is C14H18O7. The zero-order valence-electron chi connectivity index (χ0n) is 12.2. The summed E-state index contributed by atoms with van der Waals surface area (Å²) in [7, 11) is 0. The molecule has 1 rings (SSSR count). The van der Waals surface area contributed by atoms with E-state index in [2.05, 4.69) is 19.6 Å². The van der Waals surface area contributed by atoms with E-state index in [9.17, 15) is 9.59 Å². The summed E-state index contributed by atoms with van der Waals surface area (Å²) in [5, 5.41) is 4.05. The van der Waals surface area contributed by atoms with Crippen LogP contribution in [-0.4, -0.2) is 24.8 Å². The zero-order chi connectivity index (χ0) is 15.7. The summed E-state index contributed by atoms with van der Waals surface area (Å²) in [5.74, 6) is -0.166. The molecule has 0 saturated carbocycles. The minimum atomic E-state index is -1.10. The first-order chi connectivity index (χ1) is 10.0. The Hall–Kier alpha value is -2.28. The second-order valence-corrected chi connectivity index (χ2v) is 4.31. The molecule has 0 spiro atoms. The molecule has 1 aromatic carbocycles. The molecule has 0 bridgehead atoms. The fourth-order valence-corrected chi connectivity index (χ4v) is 1.24. The van der Waals surface area contributed by atoms with Crippen LogP contribution >= 0.6 is 0 Å². The van der Waals surface area contributed by atoms with E-state index in [1.807, 2.05) is 6.92 Å². The Balaban J connectivity index is 2.36. The molecule has 0 aliphatic carbocycles. The molecule has 7 heteroatoms. The zero-order valence-corrected chi connectivity index (χ0v) is 12.2. The van der Waals surface area contributed by atoms with Crippen LogP contribution in [0.1, 0.15) is 37.6 Å². The molecule has 7 nitrogen and oxygen atoms in total. The van der Waals surface area contributed by atoms with E-state index in [1.54, 1.807) is 26.0 Å². The van der Waals surface area contributed by atoms with Crippen molar-refractivity contribution in [3.05, 3.63) is 29.8 Å². The Bertz CT molecular complexity index is 453.